The molecule has 1 aromatic rings. The third kappa shape index (κ3) is 4.33. The van der Waals surface area contributed by atoms with E-state index >= 15 is 0 Å². The van der Waals surface area contributed by atoms with Crippen molar-refractivity contribution >= 4 is 29.1 Å². The summed E-state index contributed by atoms with van der Waals surface area (Å²) in [5.41, 5.74) is 6.15. The molecule has 1 unspecified atom stereocenters. The van der Waals surface area contributed by atoms with Crippen molar-refractivity contribution in [2.75, 3.05) is 13.7 Å². The van der Waals surface area contributed by atoms with E-state index in [0.717, 1.165) is 5.56 Å². The highest BCUT2D eigenvalue weighted by Gasteiger charge is 2.17. The molecule has 2 N–H and O–H groups in total. The number of ether oxygens (including phenoxy) is 1. The Bertz CT molecular complexity index is 447. The van der Waals surface area contributed by atoms with E-state index in [1.807, 2.05) is 12.2 Å². The quantitative estimate of drug-likeness (QED) is 0.817. The number of carbonyl (C=O) groups excluding carboxylic acids is 1. The van der Waals surface area contributed by atoms with Crippen molar-refractivity contribution in [2.24, 2.45) is 5.73 Å². The molecule has 5 heteroatoms. The van der Waals surface area contributed by atoms with Gasteiger partial charge in [0.1, 0.15) is 0 Å². The lowest BCUT2D eigenvalue weighted by Gasteiger charge is -2.12. The SMILES string of the molecule is COCC=CCC(C(N)=O)c1ccc(Cl)c(Cl)c1. The average molecular weight is 288 g/mol. The summed E-state index contributed by atoms with van der Waals surface area (Å²) in [6, 6.07) is 5.09. The summed E-state index contributed by atoms with van der Waals surface area (Å²) in [5, 5.41) is 0.875. The van der Waals surface area contributed by atoms with E-state index in [-0.39, 0.29) is 0 Å². The fourth-order valence-corrected chi connectivity index (χ4v) is 1.85. The lowest BCUT2D eigenvalue weighted by molar-refractivity contribution is -0.119. The van der Waals surface area contributed by atoms with Gasteiger partial charge in [0.2, 0.25) is 5.91 Å². The Kier molecular flexibility index (Phi) is 6.19. The van der Waals surface area contributed by atoms with Crippen molar-refractivity contribution in [3.8, 4) is 0 Å². The number of primary amides is 1. The van der Waals surface area contributed by atoms with Crippen LogP contribution in [0.15, 0.2) is 30.4 Å². The van der Waals surface area contributed by atoms with Crippen molar-refractivity contribution in [3.05, 3.63) is 46.0 Å². The summed E-state index contributed by atoms with van der Waals surface area (Å²) >= 11 is 11.8. The molecule has 0 radical (unpaired) electrons. The Morgan fingerprint density at radius 3 is 2.67 bits per heavy atom. The molecule has 1 amide bonds. The number of halogens is 2. The first-order valence-electron chi connectivity index (χ1n) is 5.44. The highest BCUT2D eigenvalue weighted by atomic mass is 35.5. The van der Waals surface area contributed by atoms with Crippen molar-refractivity contribution in [2.45, 2.75) is 12.3 Å². The zero-order valence-corrected chi connectivity index (χ0v) is 11.5. The fourth-order valence-electron chi connectivity index (χ4n) is 1.54. The van der Waals surface area contributed by atoms with Gasteiger partial charge in [-0.2, -0.15) is 0 Å². The molecule has 0 aliphatic carbocycles. The minimum absolute atomic E-state index is 0.393. The molecule has 0 saturated carbocycles. The third-order valence-corrected chi connectivity index (χ3v) is 3.23. The molecule has 3 nitrogen and oxygen atoms in total. The minimum Gasteiger partial charge on any atom is -0.381 e. The molecule has 0 aromatic heterocycles. The Morgan fingerprint density at radius 2 is 2.11 bits per heavy atom. The van der Waals surface area contributed by atoms with Crippen molar-refractivity contribution in [1.82, 2.24) is 0 Å². The molecule has 0 spiro atoms. The molecule has 0 aliphatic rings. The van der Waals surface area contributed by atoms with Crippen LogP contribution >= 0.6 is 23.2 Å². The number of nitrogens with two attached hydrogens (primary N) is 1. The molecule has 0 saturated heterocycles. The van der Waals surface area contributed by atoms with Gasteiger partial charge in [-0.3, -0.25) is 4.79 Å². The van der Waals surface area contributed by atoms with Gasteiger partial charge in [-0.15, -0.1) is 0 Å². The Labute approximate surface area is 117 Å². The number of carbonyl (C=O) groups is 1. The molecule has 0 bridgehead atoms. The van der Waals surface area contributed by atoms with Gasteiger partial charge in [0.05, 0.1) is 22.6 Å². The van der Waals surface area contributed by atoms with E-state index in [2.05, 4.69) is 0 Å². The zero-order chi connectivity index (χ0) is 13.5. The maximum atomic E-state index is 11.4. The van der Waals surface area contributed by atoms with Crippen molar-refractivity contribution in [1.29, 1.82) is 0 Å². The Balaban J connectivity index is 2.84. The van der Waals surface area contributed by atoms with Gasteiger partial charge in [0.25, 0.3) is 0 Å². The molecule has 1 rings (SSSR count). The topological polar surface area (TPSA) is 52.3 Å². The van der Waals surface area contributed by atoms with Gasteiger partial charge in [0, 0.05) is 7.11 Å². The van der Waals surface area contributed by atoms with E-state index in [9.17, 15) is 4.79 Å². The number of benzene rings is 1. The Morgan fingerprint density at radius 1 is 1.39 bits per heavy atom. The van der Waals surface area contributed by atoms with Gasteiger partial charge >= 0.3 is 0 Å². The number of methoxy groups -OCH3 is 1. The molecular weight excluding hydrogens is 273 g/mol. The second kappa shape index (κ2) is 7.41. The molecule has 0 aliphatic heterocycles. The van der Waals surface area contributed by atoms with Crippen LogP contribution in [-0.4, -0.2) is 19.6 Å². The largest absolute Gasteiger partial charge is 0.381 e. The summed E-state index contributed by atoms with van der Waals surface area (Å²) < 4.78 is 4.88. The van der Waals surface area contributed by atoms with E-state index < -0.39 is 11.8 Å². The lowest BCUT2D eigenvalue weighted by Crippen LogP contribution is -2.21. The van der Waals surface area contributed by atoms with E-state index in [4.69, 9.17) is 33.7 Å². The fraction of sp³-hybridized carbons (Fsp3) is 0.308. The van der Waals surface area contributed by atoms with E-state index in [1.165, 1.54) is 0 Å². The van der Waals surface area contributed by atoms with Crippen LogP contribution in [0.1, 0.15) is 17.9 Å². The van der Waals surface area contributed by atoms with Gasteiger partial charge in [-0.1, -0.05) is 41.4 Å². The van der Waals surface area contributed by atoms with Crippen LogP contribution < -0.4 is 5.73 Å². The molecular formula is C13H15Cl2NO2. The van der Waals surface area contributed by atoms with Crippen LogP contribution in [0.2, 0.25) is 10.0 Å². The second-order valence-corrected chi connectivity index (χ2v) is 4.61. The van der Waals surface area contributed by atoms with Crippen LogP contribution in [0.5, 0.6) is 0 Å². The van der Waals surface area contributed by atoms with E-state index in [1.54, 1.807) is 25.3 Å². The highest BCUT2D eigenvalue weighted by molar-refractivity contribution is 6.42. The lowest BCUT2D eigenvalue weighted by atomic mass is 9.95. The minimum atomic E-state index is -0.409. The standard InChI is InChI=1S/C13H15Cl2NO2/c1-18-7-3-2-4-10(13(16)17)9-5-6-11(14)12(15)8-9/h2-3,5-6,8,10H,4,7H2,1H3,(H2,16,17). The molecule has 1 aromatic carbocycles. The number of amides is 1. The number of allylic oxidation sites excluding steroid dienone is 1. The summed E-state index contributed by atoms with van der Waals surface area (Å²) in [4.78, 5) is 11.4. The first-order chi connectivity index (χ1) is 8.56. The molecule has 0 heterocycles. The van der Waals surface area contributed by atoms with Crippen molar-refractivity contribution in [3.63, 3.8) is 0 Å². The normalized spacial score (nSPS) is 12.8. The predicted molar refractivity (Wildman–Crippen MR) is 74.0 cm³/mol. The Hall–Kier alpha value is -1.03. The third-order valence-electron chi connectivity index (χ3n) is 2.49. The summed E-state index contributed by atoms with van der Waals surface area (Å²) in [7, 11) is 1.61. The molecule has 0 fully saturated rings. The monoisotopic (exact) mass is 287 g/mol. The van der Waals surface area contributed by atoms with E-state index in [0.29, 0.717) is 23.1 Å². The maximum absolute atomic E-state index is 11.4. The van der Waals surface area contributed by atoms with Gasteiger partial charge < -0.3 is 10.5 Å². The molecule has 1 atom stereocenters. The highest BCUT2D eigenvalue weighted by Crippen LogP contribution is 2.28. The smallest absolute Gasteiger partial charge is 0.225 e. The van der Waals surface area contributed by atoms with Crippen LogP contribution in [0, 0.1) is 0 Å². The van der Waals surface area contributed by atoms with Crippen LogP contribution in [0.25, 0.3) is 0 Å². The van der Waals surface area contributed by atoms with Gasteiger partial charge in [-0.05, 0) is 24.1 Å². The average Bonchev–Trinajstić information content (AvgIpc) is 2.32. The second-order valence-electron chi connectivity index (χ2n) is 3.79. The van der Waals surface area contributed by atoms with Crippen LogP contribution in [0.3, 0.4) is 0 Å². The summed E-state index contributed by atoms with van der Waals surface area (Å²) in [6.07, 6.45) is 4.21. The molecule has 98 valence electrons. The number of hydrogen-bond acceptors (Lipinski definition) is 2. The summed E-state index contributed by atoms with van der Waals surface area (Å²) in [5.74, 6) is -0.802. The number of rotatable bonds is 6. The maximum Gasteiger partial charge on any atom is 0.225 e. The first-order valence-corrected chi connectivity index (χ1v) is 6.20. The summed E-state index contributed by atoms with van der Waals surface area (Å²) in [6.45, 7) is 0.507. The molecule has 18 heavy (non-hydrogen) atoms. The van der Waals surface area contributed by atoms with Gasteiger partial charge in [0.15, 0.2) is 0 Å². The predicted octanol–water partition coefficient (Wildman–Crippen LogP) is 3.16. The van der Waals surface area contributed by atoms with Crippen LogP contribution in [0.4, 0.5) is 0 Å². The zero-order valence-electron chi connectivity index (χ0n) is 10.0. The first kappa shape index (κ1) is 15.0. The van der Waals surface area contributed by atoms with Crippen LogP contribution in [-0.2, 0) is 9.53 Å². The van der Waals surface area contributed by atoms with Crippen molar-refractivity contribution < 1.29 is 9.53 Å². The number of hydrogen-bond donors (Lipinski definition) is 1. The van der Waals surface area contributed by atoms with Gasteiger partial charge in [-0.25, -0.2) is 0 Å².